The number of hydrogen-bond acceptors (Lipinski definition) is 3. The highest BCUT2D eigenvalue weighted by atomic mass is 16.2. The fourth-order valence-electron chi connectivity index (χ4n) is 1.95. The maximum absolute atomic E-state index is 12.2. The lowest BCUT2D eigenvalue weighted by atomic mass is 9.86. The average Bonchev–Trinajstić information content (AvgIpc) is 2.65. The molecule has 0 aromatic carbocycles. The zero-order chi connectivity index (χ0) is 13.3. The van der Waals surface area contributed by atoms with E-state index >= 15 is 0 Å². The van der Waals surface area contributed by atoms with Crippen LogP contribution in [0.1, 0.15) is 40.5 Å². The molecule has 4 N–H and O–H groups in total. The first-order chi connectivity index (χ1) is 7.72. The second-order valence-electron chi connectivity index (χ2n) is 5.54. The first-order valence-corrected chi connectivity index (χ1v) is 6.10. The Kier molecular flexibility index (Phi) is 3.81. The fraction of sp³-hybridized carbons (Fsp3) is 0.833. The quantitative estimate of drug-likeness (QED) is 0.655. The summed E-state index contributed by atoms with van der Waals surface area (Å²) in [6.45, 7) is 8.11. The second kappa shape index (κ2) is 4.64. The highest BCUT2D eigenvalue weighted by Gasteiger charge is 2.43. The lowest BCUT2D eigenvalue weighted by Crippen LogP contribution is -2.64. The molecule has 0 aromatic heterocycles. The molecule has 0 saturated carbocycles. The molecule has 1 heterocycles. The molecule has 17 heavy (non-hydrogen) atoms. The van der Waals surface area contributed by atoms with Gasteiger partial charge in [-0.25, -0.2) is 0 Å². The Morgan fingerprint density at radius 2 is 2.06 bits per heavy atom. The van der Waals surface area contributed by atoms with Gasteiger partial charge in [0.15, 0.2) is 0 Å². The van der Waals surface area contributed by atoms with Crippen molar-refractivity contribution in [2.24, 2.45) is 11.7 Å². The summed E-state index contributed by atoms with van der Waals surface area (Å²) >= 11 is 0. The van der Waals surface area contributed by atoms with Crippen molar-refractivity contribution in [1.29, 1.82) is 0 Å². The maximum Gasteiger partial charge on any atom is 0.243 e. The van der Waals surface area contributed by atoms with Crippen molar-refractivity contribution < 1.29 is 9.59 Å². The molecule has 2 amide bonds. The van der Waals surface area contributed by atoms with Crippen LogP contribution in [0.15, 0.2) is 0 Å². The van der Waals surface area contributed by atoms with Crippen molar-refractivity contribution in [3.05, 3.63) is 0 Å². The van der Waals surface area contributed by atoms with Crippen LogP contribution >= 0.6 is 0 Å². The summed E-state index contributed by atoms with van der Waals surface area (Å²) < 4.78 is 0. The third-order valence-corrected chi connectivity index (χ3v) is 3.91. The van der Waals surface area contributed by atoms with E-state index in [1.807, 2.05) is 20.8 Å². The third kappa shape index (κ3) is 2.60. The Bertz CT molecular complexity index is 322. The van der Waals surface area contributed by atoms with Crippen molar-refractivity contribution in [1.82, 2.24) is 10.6 Å². The topological polar surface area (TPSA) is 84.2 Å². The molecule has 0 aromatic rings. The summed E-state index contributed by atoms with van der Waals surface area (Å²) in [5.74, 6) is -0.693. The van der Waals surface area contributed by atoms with E-state index in [0.717, 1.165) is 19.4 Å². The second-order valence-corrected chi connectivity index (χ2v) is 5.54. The number of amides is 2. The van der Waals surface area contributed by atoms with Gasteiger partial charge in [0.1, 0.15) is 5.54 Å². The standard InChI is InChI=1S/C12H23N3O2/c1-8(2)12(4,9(13)16)15-10(17)11(3)6-5-7-14-11/h8,14H,5-7H2,1-4H3,(H2,13,16)(H,15,17). The van der Waals surface area contributed by atoms with E-state index in [2.05, 4.69) is 10.6 Å². The molecular weight excluding hydrogens is 218 g/mol. The molecule has 2 unspecified atom stereocenters. The number of nitrogens with two attached hydrogens (primary N) is 1. The molecule has 1 rings (SSSR count). The molecule has 1 fully saturated rings. The third-order valence-electron chi connectivity index (χ3n) is 3.91. The van der Waals surface area contributed by atoms with Gasteiger partial charge in [0.05, 0.1) is 5.54 Å². The number of carbonyl (C=O) groups excluding carboxylic acids is 2. The summed E-state index contributed by atoms with van der Waals surface area (Å²) in [7, 11) is 0. The van der Waals surface area contributed by atoms with Crippen molar-refractivity contribution in [2.45, 2.75) is 51.6 Å². The van der Waals surface area contributed by atoms with Gasteiger partial charge in [-0.3, -0.25) is 9.59 Å². The smallest absolute Gasteiger partial charge is 0.243 e. The highest BCUT2D eigenvalue weighted by molar-refractivity contribution is 5.94. The number of carbonyl (C=O) groups is 2. The molecule has 1 aliphatic heterocycles. The van der Waals surface area contributed by atoms with Crippen molar-refractivity contribution in [3.8, 4) is 0 Å². The zero-order valence-electron chi connectivity index (χ0n) is 11.1. The Balaban J connectivity index is 2.81. The van der Waals surface area contributed by atoms with Crippen LogP contribution in [0.3, 0.4) is 0 Å². The summed E-state index contributed by atoms with van der Waals surface area (Å²) in [6, 6.07) is 0. The molecule has 5 nitrogen and oxygen atoms in total. The normalized spacial score (nSPS) is 27.8. The highest BCUT2D eigenvalue weighted by Crippen LogP contribution is 2.22. The summed E-state index contributed by atoms with van der Waals surface area (Å²) in [5, 5.41) is 5.97. The van der Waals surface area contributed by atoms with Crippen LogP contribution in [0.4, 0.5) is 0 Å². The van der Waals surface area contributed by atoms with Crippen LogP contribution in [0.25, 0.3) is 0 Å². The van der Waals surface area contributed by atoms with Gasteiger partial charge < -0.3 is 16.4 Å². The van der Waals surface area contributed by atoms with E-state index in [-0.39, 0.29) is 11.8 Å². The van der Waals surface area contributed by atoms with E-state index in [4.69, 9.17) is 5.73 Å². The maximum atomic E-state index is 12.2. The van der Waals surface area contributed by atoms with Gasteiger partial charge in [0.25, 0.3) is 0 Å². The van der Waals surface area contributed by atoms with Crippen LogP contribution < -0.4 is 16.4 Å². The van der Waals surface area contributed by atoms with Crippen LogP contribution in [0, 0.1) is 5.92 Å². The van der Waals surface area contributed by atoms with Crippen LogP contribution in [-0.4, -0.2) is 29.4 Å². The van der Waals surface area contributed by atoms with Gasteiger partial charge in [-0.1, -0.05) is 13.8 Å². The Morgan fingerprint density at radius 1 is 1.47 bits per heavy atom. The summed E-state index contributed by atoms with van der Waals surface area (Å²) in [4.78, 5) is 23.7. The van der Waals surface area contributed by atoms with Crippen molar-refractivity contribution in [2.75, 3.05) is 6.54 Å². The molecular formula is C12H23N3O2. The lowest BCUT2D eigenvalue weighted by Gasteiger charge is -2.35. The molecule has 5 heteroatoms. The van der Waals surface area contributed by atoms with E-state index in [1.54, 1.807) is 6.92 Å². The van der Waals surface area contributed by atoms with E-state index in [0.29, 0.717) is 0 Å². The van der Waals surface area contributed by atoms with Gasteiger partial charge in [-0.05, 0) is 39.2 Å². The Morgan fingerprint density at radius 3 is 2.41 bits per heavy atom. The first kappa shape index (κ1) is 14.0. The summed E-state index contributed by atoms with van der Waals surface area (Å²) in [5.41, 5.74) is 3.81. The predicted octanol–water partition coefficient (Wildman–Crippen LogP) is 0.145. The molecule has 0 aliphatic carbocycles. The monoisotopic (exact) mass is 241 g/mol. The molecule has 98 valence electrons. The van der Waals surface area contributed by atoms with Crippen LogP contribution in [-0.2, 0) is 9.59 Å². The van der Waals surface area contributed by atoms with E-state index in [9.17, 15) is 9.59 Å². The average molecular weight is 241 g/mol. The van der Waals surface area contributed by atoms with Gasteiger partial charge in [0.2, 0.25) is 11.8 Å². The number of rotatable bonds is 4. The van der Waals surface area contributed by atoms with Gasteiger partial charge >= 0.3 is 0 Å². The molecule has 0 bridgehead atoms. The predicted molar refractivity (Wildman–Crippen MR) is 66.2 cm³/mol. The molecule has 1 aliphatic rings. The van der Waals surface area contributed by atoms with Crippen LogP contribution in [0.2, 0.25) is 0 Å². The Labute approximate surface area is 103 Å². The van der Waals surface area contributed by atoms with Gasteiger partial charge in [-0.2, -0.15) is 0 Å². The van der Waals surface area contributed by atoms with Gasteiger partial charge in [-0.15, -0.1) is 0 Å². The number of primary amides is 1. The lowest BCUT2D eigenvalue weighted by molar-refractivity contribution is -0.135. The van der Waals surface area contributed by atoms with Crippen LogP contribution in [0.5, 0.6) is 0 Å². The van der Waals surface area contributed by atoms with E-state index in [1.165, 1.54) is 0 Å². The first-order valence-electron chi connectivity index (χ1n) is 6.10. The minimum atomic E-state index is -0.996. The number of hydrogen-bond donors (Lipinski definition) is 3. The number of nitrogens with one attached hydrogen (secondary N) is 2. The molecule has 0 spiro atoms. The minimum Gasteiger partial charge on any atom is -0.368 e. The van der Waals surface area contributed by atoms with Gasteiger partial charge in [0, 0.05) is 0 Å². The fourth-order valence-corrected chi connectivity index (χ4v) is 1.95. The largest absolute Gasteiger partial charge is 0.368 e. The molecule has 2 atom stereocenters. The zero-order valence-corrected chi connectivity index (χ0v) is 11.1. The summed E-state index contributed by atoms with van der Waals surface area (Å²) in [6.07, 6.45) is 1.75. The minimum absolute atomic E-state index is 0.0473. The SMILES string of the molecule is CC(C)C(C)(NC(=O)C1(C)CCCN1)C(N)=O. The molecule has 0 radical (unpaired) electrons. The van der Waals surface area contributed by atoms with Crippen molar-refractivity contribution in [3.63, 3.8) is 0 Å². The van der Waals surface area contributed by atoms with E-state index < -0.39 is 17.0 Å². The van der Waals surface area contributed by atoms with Crippen molar-refractivity contribution >= 4 is 11.8 Å². The molecule has 1 saturated heterocycles. The Hall–Kier alpha value is -1.10.